The molecule has 0 spiro atoms. The van der Waals surface area contributed by atoms with Crippen LogP contribution in [0.3, 0.4) is 0 Å². The first-order valence-electron chi connectivity index (χ1n) is 6.32. The van der Waals surface area contributed by atoms with Gasteiger partial charge in [-0.3, -0.25) is 0 Å². The van der Waals surface area contributed by atoms with Crippen LogP contribution in [0.15, 0.2) is 0 Å². The first-order chi connectivity index (χ1) is 7.94. The Bertz CT molecular complexity index is 426. The van der Waals surface area contributed by atoms with E-state index in [4.69, 9.17) is 5.26 Å². The fourth-order valence-corrected chi connectivity index (χ4v) is 5.13. The highest BCUT2D eigenvalue weighted by Crippen LogP contribution is 2.29. The molecule has 1 heterocycles. The summed E-state index contributed by atoms with van der Waals surface area (Å²) in [7, 11) is -2.87. The van der Waals surface area contributed by atoms with Crippen LogP contribution in [0.25, 0.3) is 0 Å². The highest BCUT2D eigenvalue weighted by Gasteiger charge is 2.41. The van der Waals surface area contributed by atoms with Crippen LogP contribution in [0, 0.1) is 17.2 Å². The van der Waals surface area contributed by atoms with Crippen molar-refractivity contribution >= 4 is 9.84 Å². The first-order valence-corrected chi connectivity index (χ1v) is 8.14. The third-order valence-corrected chi connectivity index (χ3v) is 5.87. The summed E-state index contributed by atoms with van der Waals surface area (Å²) < 4.78 is 23.1. The third kappa shape index (κ3) is 2.99. The molecule has 2 aliphatic rings. The average molecular weight is 256 g/mol. The summed E-state index contributed by atoms with van der Waals surface area (Å²) in [5.41, 5.74) is -0.323. The summed E-state index contributed by atoms with van der Waals surface area (Å²) in [6.07, 6.45) is 4.86. The van der Waals surface area contributed by atoms with Gasteiger partial charge in [-0.15, -0.1) is 0 Å². The van der Waals surface area contributed by atoms with E-state index < -0.39 is 9.84 Å². The second-order valence-corrected chi connectivity index (χ2v) is 7.86. The molecule has 17 heavy (non-hydrogen) atoms. The summed E-state index contributed by atoms with van der Waals surface area (Å²) in [4.78, 5) is 0. The summed E-state index contributed by atoms with van der Waals surface area (Å²) in [6.45, 7) is 1.97. The van der Waals surface area contributed by atoms with Gasteiger partial charge in [0.25, 0.3) is 0 Å². The zero-order valence-electron chi connectivity index (χ0n) is 10.3. The Morgan fingerprint density at radius 3 is 2.65 bits per heavy atom. The molecule has 1 saturated heterocycles. The van der Waals surface area contributed by atoms with Gasteiger partial charge in [0.1, 0.15) is 0 Å². The minimum atomic E-state index is -2.87. The van der Waals surface area contributed by atoms with Gasteiger partial charge in [0.2, 0.25) is 0 Å². The van der Waals surface area contributed by atoms with Crippen LogP contribution in [0.1, 0.15) is 39.0 Å². The predicted molar refractivity (Wildman–Crippen MR) is 66.2 cm³/mol. The van der Waals surface area contributed by atoms with Gasteiger partial charge in [-0.05, 0) is 26.2 Å². The highest BCUT2D eigenvalue weighted by molar-refractivity contribution is 7.91. The monoisotopic (exact) mass is 256 g/mol. The Morgan fingerprint density at radius 1 is 1.35 bits per heavy atom. The van der Waals surface area contributed by atoms with Crippen molar-refractivity contribution in [2.75, 3.05) is 11.5 Å². The standard InChI is InChI=1S/C12H20N2O2S/c1-12(6-7-17(15,16)9-12)14-11-5-3-2-4-10(11)8-13/h10-11,14H,2-7,9H2,1H3. The van der Waals surface area contributed by atoms with Crippen molar-refractivity contribution < 1.29 is 8.42 Å². The molecule has 3 atom stereocenters. The van der Waals surface area contributed by atoms with Crippen LogP contribution < -0.4 is 5.32 Å². The minimum Gasteiger partial charge on any atom is -0.306 e. The lowest BCUT2D eigenvalue weighted by atomic mass is 9.83. The molecule has 1 saturated carbocycles. The van der Waals surface area contributed by atoms with E-state index in [1.54, 1.807) is 0 Å². The fraction of sp³-hybridized carbons (Fsp3) is 0.917. The van der Waals surface area contributed by atoms with Crippen LogP contribution in [0.2, 0.25) is 0 Å². The molecule has 1 aliphatic carbocycles. The van der Waals surface area contributed by atoms with Crippen LogP contribution in [-0.4, -0.2) is 31.5 Å². The second kappa shape index (κ2) is 4.58. The number of sulfone groups is 1. The molecule has 0 bridgehead atoms. The van der Waals surface area contributed by atoms with Crippen molar-refractivity contribution in [2.45, 2.75) is 50.6 Å². The maximum Gasteiger partial charge on any atom is 0.152 e. The molecule has 0 aromatic rings. The Morgan fingerprint density at radius 2 is 2.06 bits per heavy atom. The van der Waals surface area contributed by atoms with Gasteiger partial charge in [0.05, 0.1) is 23.5 Å². The van der Waals surface area contributed by atoms with E-state index in [1.807, 2.05) is 6.92 Å². The number of nitrogens with zero attached hydrogens (tertiary/aromatic N) is 1. The van der Waals surface area contributed by atoms with Crippen molar-refractivity contribution in [1.29, 1.82) is 5.26 Å². The van der Waals surface area contributed by atoms with Crippen LogP contribution in [0.4, 0.5) is 0 Å². The van der Waals surface area contributed by atoms with Crippen molar-refractivity contribution in [1.82, 2.24) is 5.32 Å². The Kier molecular flexibility index (Phi) is 3.46. The maximum absolute atomic E-state index is 11.5. The summed E-state index contributed by atoms with van der Waals surface area (Å²) in [5, 5.41) is 12.6. The Hall–Kier alpha value is -0.600. The van der Waals surface area contributed by atoms with Crippen molar-refractivity contribution in [3.05, 3.63) is 0 Å². The molecule has 0 amide bonds. The highest BCUT2D eigenvalue weighted by atomic mass is 32.2. The molecule has 0 aromatic carbocycles. The molecule has 5 heteroatoms. The number of nitriles is 1. The van der Waals surface area contributed by atoms with E-state index in [9.17, 15) is 8.42 Å². The molecular weight excluding hydrogens is 236 g/mol. The zero-order chi connectivity index (χ0) is 12.5. The van der Waals surface area contributed by atoms with Gasteiger partial charge in [-0.2, -0.15) is 5.26 Å². The van der Waals surface area contributed by atoms with Gasteiger partial charge >= 0.3 is 0 Å². The molecule has 1 aliphatic heterocycles. The molecule has 0 radical (unpaired) electrons. The normalized spacial score (nSPS) is 40.9. The van der Waals surface area contributed by atoms with Crippen molar-refractivity contribution in [2.24, 2.45) is 5.92 Å². The van der Waals surface area contributed by atoms with Gasteiger partial charge < -0.3 is 5.32 Å². The maximum atomic E-state index is 11.5. The minimum absolute atomic E-state index is 0.0453. The quantitative estimate of drug-likeness (QED) is 0.807. The number of hydrogen-bond donors (Lipinski definition) is 1. The van der Waals surface area contributed by atoms with E-state index in [0.717, 1.165) is 25.7 Å². The molecular formula is C12H20N2O2S. The van der Waals surface area contributed by atoms with E-state index in [2.05, 4.69) is 11.4 Å². The smallest absolute Gasteiger partial charge is 0.152 e. The second-order valence-electron chi connectivity index (χ2n) is 5.67. The van der Waals surface area contributed by atoms with Gasteiger partial charge in [-0.1, -0.05) is 12.8 Å². The number of hydrogen-bond acceptors (Lipinski definition) is 4. The lowest BCUT2D eigenvalue weighted by molar-refractivity contribution is 0.246. The Labute approximate surface area is 103 Å². The zero-order valence-corrected chi connectivity index (χ0v) is 11.1. The van der Waals surface area contributed by atoms with E-state index in [-0.39, 0.29) is 29.0 Å². The van der Waals surface area contributed by atoms with Crippen LogP contribution in [0.5, 0.6) is 0 Å². The van der Waals surface area contributed by atoms with Gasteiger partial charge in [0.15, 0.2) is 9.84 Å². The molecule has 1 N–H and O–H groups in total. The molecule has 0 aromatic heterocycles. The molecule has 2 rings (SSSR count). The topological polar surface area (TPSA) is 70.0 Å². The number of nitrogens with one attached hydrogen (secondary N) is 1. The van der Waals surface area contributed by atoms with Crippen LogP contribution >= 0.6 is 0 Å². The largest absolute Gasteiger partial charge is 0.306 e. The lowest BCUT2D eigenvalue weighted by Crippen LogP contribution is -2.52. The molecule has 96 valence electrons. The number of rotatable bonds is 2. The molecule has 2 fully saturated rings. The van der Waals surface area contributed by atoms with E-state index in [1.165, 1.54) is 0 Å². The Balaban J connectivity index is 2.03. The summed E-state index contributed by atoms with van der Waals surface area (Å²) in [6, 6.07) is 2.53. The van der Waals surface area contributed by atoms with Crippen molar-refractivity contribution in [3.8, 4) is 6.07 Å². The molecule has 3 unspecified atom stereocenters. The van der Waals surface area contributed by atoms with E-state index in [0.29, 0.717) is 6.42 Å². The fourth-order valence-electron chi connectivity index (χ4n) is 3.03. The summed E-state index contributed by atoms with van der Waals surface area (Å²) >= 11 is 0. The average Bonchev–Trinajstić information content (AvgIpc) is 2.53. The first kappa shape index (κ1) is 12.8. The van der Waals surface area contributed by atoms with E-state index >= 15 is 0 Å². The summed E-state index contributed by atoms with van der Waals surface area (Å²) in [5.74, 6) is 0.540. The van der Waals surface area contributed by atoms with Crippen molar-refractivity contribution in [3.63, 3.8) is 0 Å². The van der Waals surface area contributed by atoms with Crippen LogP contribution in [-0.2, 0) is 9.84 Å². The third-order valence-electron chi connectivity index (χ3n) is 3.97. The molecule has 4 nitrogen and oxygen atoms in total. The van der Waals surface area contributed by atoms with Gasteiger partial charge in [0, 0.05) is 11.6 Å². The SMILES string of the molecule is CC1(NC2CCCCC2C#N)CCS(=O)(=O)C1. The predicted octanol–water partition coefficient (Wildman–Crippen LogP) is 1.24. The van der Waals surface area contributed by atoms with Gasteiger partial charge in [-0.25, -0.2) is 8.42 Å². The lowest BCUT2D eigenvalue weighted by Gasteiger charge is -2.35.